The Balaban J connectivity index is 2.66. The van der Waals surface area contributed by atoms with Crippen LogP contribution >= 0.6 is 11.6 Å². The van der Waals surface area contributed by atoms with Crippen molar-refractivity contribution in [3.8, 4) is 0 Å². The molecule has 0 bridgehead atoms. The van der Waals surface area contributed by atoms with E-state index in [1.807, 2.05) is 0 Å². The zero-order chi connectivity index (χ0) is 13.6. The van der Waals surface area contributed by atoms with Crippen LogP contribution in [0.5, 0.6) is 0 Å². The summed E-state index contributed by atoms with van der Waals surface area (Å²) in [6.45, 7) is 0.882. The van der Waals surface area contributed by atoms with Crippen molar-refractivity contribution >= 4 is 27.1 Å². The molecule has 0 spiro atoms. The number of sulfone groups is 1. The van der Waals surface area contributed by atoms with E-state index in [0.717, 1.165) is 0 Å². The minimum absolute atomic E-state index is 0.0412. The van der Waals surface area contributed by atoms with E-state index in [9.17, 15) is 8.42 Å². The number of benzene rings is 1. The molecule has 1 rings (SSSR count). The summed E-state index contributed by atoms with van der Waals surface area (Å²) in [7, 11) is -1.93. The number of halogens is 1. The third-order valence-corrected chi connectivity index (χ3v) is 4.37. The number of hydrogen-bond acceptors (Lipinski definition) is 5. The number of nitrogen functional groups attached to an aromatic ring is 1. The summed E-state index contributed by atoms with van der Waals surface area (Å²) >= 11 is 5.85. The average Bonchev–Trinajstić information content (AvgIpc) is 2.32. The molecule has 1 aromatic rings. The highest BCUT2D eigenvalue weighted by molar-refractivity contribution is 7.91. The molecule has 2 N–H and O–H groups in total. The number of ether oxygens (including phenoxy) is 2. The topological polar surface area (TPSA) is 78.6 Å². The van der Waals surface area contributed by atoms with Crippen molar-refractivity contribution in [3.63, 3.8) is 0 Å². The van der Waals surface area contributed by atoms with Crippen molar-refractivity contribution in [1.29, 1.82) is 0 Å². The van der Waals surface area contributed by atoms with Gasteiger partial charge in [-0.25, -0.2) is 8.42 Å². The highest BCUT2D eigenvalue weighted by Crippen LogP contribution is 2.24. The number of anilines is 1. The van der Waals surface area contributed by atoms with Gasteiger partial charge in [0, 0.05) is 12.8 Å². The van der Waals surface area contributed by atoms with E-state index in [2.05, 4.69) is 0 Å². The maximum absolute atomic E-state index is 12.0. The number of nitrogens with two attached hydrogens (primary N) is 1. The van der Waals surface area contributed by atoms with Crippen LogP contribution in [0.25, 0.3) is 0 Å². The fourth-order valence-electron chi connectivity index (χ4n) is 1.28. The van der Waals surface area contributed by atoms with Crippen LogP contribution in [0.2, 0.25) is 5.02 Å². The van der Waals surface area contributed by atoms with Gasteiger partial charge in [-0.3, -0.25) is 0 Å². The summed E-state index contributed by atoms with van der Waals surface area (Å²) in [6.07, 6.45) is 0. The van der Waals surface area contributed by atoms with Gasteiger partial charge >= 0.3 is 0 Å². The molecule has 102 valence electrons. The van der Waals surface area contributed by atoms with Crippen molar-refractivity contribution in [2.45, 2.75) is 4.90 Å². The molecule has 0 fully saturated rings. The second-order valence-electron chi connectivity index (χ2n) is 3.61. The molecule has 0 saturated heterocycles. The second-order valence-corrected chi connectivity index (χ2v) is 6.10. The third kappa shape index (κ3) is 4.45. The normalized spacial score (nSPS) is 11.7. The van der Waals surface area contributed by atoms with Crippen molar-refractivity contribution in [2.75, 3.05) is 38.4 Å². The first-order valence-electron chi connectivity index (χ1n) is 5.32. The molecule has 18 heavy (non-hydrogen) atoms. The Morgan fingerprint density at radius 2 is 2.00 bits per heavy atom. The Hall–Kier alpha value is -0.820. The minimum Gasteiger partial charge on any atom is -0.399 e. The Kier molecular flexibility index (Phi) is 5.87. The lowest BCUT2D eigenvalue weighted by Gasteiger charge is -2.08. The average molecular weight is 294 g/mol. The van der Waals surface area contributed by atoms with Gasteiger partial charge in [-0.15, -0.1) is 0 Å². The monoisotopic (exact) mass is 293 g/mol. The number of hydrogen-bond donors (Lipinski definition) is 1. The summed E-state index contributed by atoms with van der Waals surface area (Å²) < 4.78 is 33.9. The molecule has 7 heteroatoms. The highest BCUT2D eigenvalue weighted by Gasteiger charge is 2.18. The molecule has 0 unspecified atom stereocenters. The van der Waals surface area contributed by atoms with Gasteiger partial charge in [-0.2, -0.15) is 0 Å². The first kappa shape index (κ1) is 15.2. The number of rotatable bonds is 7. The van der Waals surface area contributed by atoms with Crippen LogP contribution in [-0.2, 0) is 19.3 Å². The van der Waals surface area contributed by atoms with Crippen LogP contribution < -0.4 is 5.73 Å². The maximum Gasteiger partial charge on any atom is 0.182 e. The smallest absolute Gasteiger partial charge is 0.182 e. The van der Waals surface area contributed by atoms with Crippen molar-refractivity contribution in [2.24, 2.45) is 0 Å². The van der Waals surface area contributed by atoms with Crippen LogP contribution in [0.1, 0.15) is 0 Å². The van der Waals surface area contributed by atoms with Crippen LogP contribution in [0.15, 0.2) is 23.1 Å². The van der Waals surface area contributed by atoms with E-state index in [1.165, 1.54) is 12.1 Å². The summed E-state index contributed by atoms with van der Waals surface area (Å²) in [6, 6.07) is 4.37. The van der Waals surface area contributed by atoms with Gasteiger partial charge < -0.3 is 15.2 Å². The molecule has 0 aliphatic heterocycles. The Labute approximate surface area is 112 Å². The van der Waals surface area contributed by atoms with Gasteiger partial charge in [0.1, 0.15) is 0 Å². The molecule has 1 aromatic carbocycles. The van der Waals surface area contributed by atoms with Gasteiger partial charge in [-0.05, 0) is 18.2 Å². The SMILES string of the molecule is COCCOCCS(=O)(=O)c1cc(N)ccc1Cl. The fourth-order valence-corrected chi connectivity index (χ4v) is 2.99. The number of methoxy groups -OCH3 is 1. The molecule has 0 atom stereocenters. The molecular weight excluding hydrogens is 278 g/mol. The van der Waals surface area contributed by atoms with Crippen molar-refractivity contribution < 1.29 is 17.9 Å². The van der Waals surface area contributed by atoms with Gasteiger partial charge in [-0.1, -0.05) is 11.6 Å². The lowest BCUT2D eigenvalue weighted by molar-refractivity contribution is 0.0785. The largest absolute Gasteiger partial charge is 0.399 e. The first-order chi connectivity index (χ1) is 8.47. The standard InChI is InChI=1S/C11H16ClNO4S/c1-16-4-5-17-6-7-18(14,15)11-8-9(13)2-3-10(11)12/h2-3,8H,4-7,13H2,1H3. The Morgan fingerprint density at radius 3 is 2.67 bits per heavy atom. The Morgan fingerprint density at radius 1 is 1.28 bits per heavy atom. The van der Waals surface area contributed by atoms with E-state index in [4.69, 9.17) is 26.8 Å². The predicted molar refractivity (Wildman–Crippen MR) is 70.6 cm³/mol. The highest BCUT2D eigenvalue weighted by atomic mass is 35.5. The summed E-state index contributed by atoms with van der Waals surface area (Å²) in [5, 5.41) is 0.168. The quantitative estimate of drug-likeness (QED) is 0.606. The van der Waals surface area contributed by atoms with Crippen molar-refractivity contribution in [1.82, 2.24) is 0 Å². The van der Waals surface area contributed by atoms with Crippen LogP contribution in [0.3, 0.4) is 0 Å². The summed E-state index contributed by atoms with van der Waals surface area (Å²) in [4.78, 5) is 0.0412. The third-order valence-electron chi connectivity index (χ3n) is 2.22. The van der Waals surface area contributed by atoms with Crippen molar-refractivity contribution in [3.05, 3.63) is 23.2 Å². The van der Waals surface area contributed by atoms with E-state index in [1.54, 1.807) is 13.2 Å². The summed E-state index contributed by atoms with van der Waals surface area (Å²) in [5.74, 6) is -0.139. The van der Waals surface area contributed by atoms with Gasteiger partial charge in [0.15, 0.2) is 9.84 Å². The van der Waals surface area contributed by atoms with E-state index in [0.29, 0.717) is 18.9 Å². The van der Waals surface area contributed by atoms with Crippen LogP contribution in [0, 0.1) is 0 Å². The molecule has 0 aliphatic carbocycles. The molecule has 0 amide bonds. The lowest BCUT2D eigenvalue weighted by atomic mass is 10.3. The molecule has 0 heterocycles. The van der Waals surface area contributed by atoms with Crippen LogP contribution in [-0.4, -0.2) is 41.1 Å². The van der Waals surface area contributed by atoms with E-state index >= 15 is 0 Å². The molecule has 5 nitrogen and oxygen atoms in total. The van der Waals surface area contributed by atoms with E-state index < -0.39 is 9.84 Å². The van der Waals surface area contributed by atoms with Gasteiger partial charge in [0.05, 0.1) is 35.5 Å². The van der Waals surface area contributed by atoms with E-state index in [-0.39, 0.29) is 22.3 Å². The fraction of sp³-hybridized carbons (Fsp3) is 0.455. The molecule has 0 saturated carbocycles. The second kappa shape index (κ2) is 6.94. The minimum atomic E-state index is -3.48. The Bertz CT molecular complexity index is 490. The zero-order valence-corrected chi connectivity index (χ0v) is 11.6. The lowest BCUT2D eigenvalue weighted by Crippen LogP contribution is -2.15. The molecular formula is C11H16ClNO4S. The molecule has 0 aliphatic rings. The molecule has 0 aromatic heterocycles. The predicted octanol–water partition coefficient (Wildman–Crippen LogP) is 1.36. The van der Waals surface area contributed by atoms with Gasteiger partial charge in [0.2, 0.25) is 0 Å². The summed E-state index contributed by atoms with van der Waals surface area (Å²) in [5.41, 5.74) is 5.91. The van der Waals surface area contributed by atoms with Crippen LogP contribution in [0.4, 0.5) is 5.69 Å². The molecule has 0 radical (unpaired) electrons. The van der Waals surface area contributed by atoms with Gasteiger partial charge in [0.25, 0.3) is 0 Å². The zero-order valence-electron chi connectivity index (χ0n) is 10.1. The first-order valence-corrected chi connectivity index (χ1v) is 7.35. The maximum atomic E-state index is 12.0.